The second kappa shape index (κ2) is 7.09. The van der Waals surface area contributed by atoms with Crippen LogP contribution in [0.2, 0.25) is 0 Å². The van der Waals surface area contributed by atoms with Crippen LogP contribution < -0.4 is 10.5 Å². The van der Waals surface area contributed by atoms with E-state index in [1.165, 1.54) is 23.8 Å². The number of carbonyl (C=O) groups is 1. The molecule has 0 unspecified atom stereocenters. The minimum absolute atomic E-state index is 0.00183. The van der Waals surface area contributed by atoms with Gasteiger partial charge in [0.05, 0.1) is 29.7 Å². The number of para-hydroxylation sites is 2. The first kappa shape index (κ1) is 17.2. The Bertz CT molecular complexity index is 1040. The largest absolute Gasteiger partial charge is 0.485 e. The fourth-order valence-corrected chi connectivity index (χ4v) is 2.50. The number of benzene rings is 2. The molecule has 1 aromatic heterocycles. The number of oxazole rings is 1. The van der Waals surface area contributed by atoms with Gasteiger partial charge in [0.25, 0.3) is 0 Å². The Labute approximate surface area is 146 Å². The van der Waals surface area contributed by atoms with E-state index in [1.807, 2.05) is 0 Å². The average molecular weight is 358 g/mol. The predicted molar refractivity (Wildman–Crippen MR) is 90.4 cm³/mol. The van der Waals surface area contributed by atoms with Gasteiger partial charge in [0.2, 0.25) is 0 Å². The first-order valence-electron chi connectivity index (χ1n) is 7.59. The maximum atomic E-state index is 11.9. The molecule has 0 amide bonds. The number of fused-ring (bicyclic) bond motifs is 1. The highest BCUT2D eigenvalue weighted by Gasteiger charge is 2.19. The van der Waals surface area contributed by atoms with Crippen LogP contribution in [-0.2, 0) is 11.3 Å². The first-order chi connectivity index (χ1) is 12.5. The highest BCUT2D eigenvalue weighted by Crippen LogP contribution is 2.28. The van der Waals surface area contributed by atoms with Gasteiger partial charge in [-0.2, -0.15) is 0 Å². The molecule has 9 nitrogen and oxygen atoms in total. The van der Waals surface area contributed by atoms with Gasteiger partial charge in [-0.05, 0) is 24.3 Å². The summed E-state index contributed by atoms with van der Waals surface area (Å²) in [6, 6.07) is 10.7. The molecular weight excluding hydrogens is 344 g/mol. The second-order valence-corrected chi connectivity index (χ2v) is 5.27. The van der Waals surface area contributed by atoms with Crippen LogP contribution in [0.25, 0.3) is 11.1 Å². The lowest BCUT2D eigenvalue weighted by Crippen LogP contribution is -2.18. The third-order valence-corrected chi connectivity index (χ3v) is 3.72. The van der Waals surface area contributed by atoms with Crippen LogP contribution in [-0.4, -0.2) is 29.2 Å². The third kappa shape index (κ3) is 3.27. The van der Waals surface area contributed by atoms with Gasteiger partial charge in [-0.15, -0.1) is 0 Å². The van der Waals surface area contributed by atoms with Gasteiger partial charge in [0.1, 0.15) is 6.61 Å². The SMILES string of the molecule is COC(=O)c1ccc(OCCn2c(=O)oc3ccccc32)c([N+](=O)[O-])c1. The summed E-state index contributed by atoms with van der Waals surface area (Å²) in [6.45, 7) is 0.146. The molecule has 0 N–H and O–H groups in total. The molecule has 0 aliphatic heterocycles. The van der Waals surface area contributed by atoms with Crippen LogP contribution >= 0.6 is 0 Å². The highest BCUT2D eigenvalue weighted by molar-refractivity contribution is 5.90. The summed E-state index contributed by atoms with van der Waals surface area (Å²) in [6.07, 6.45) is 0. The lowest BCUT2D eigenvalue weighted by atomic mass is 10.2. The quantitative estimate of drug-likeness (QED) is 0.377. The molecule has 0 saturated carbocycles. The monoisotopic (exact) mass is 358 g/mol. The number of hydrogen-bond donors (Lipinski definition) is 0. The molecule has 134 valence electrons. The average Bonchev–Trinajstić information content (AvgIpc) is 2.96. The van der Waals surface area contributed by atoms with Gasteiger partial charge in [-0.3, -0.25) is 14.7 Å². The van der Waals surface area contributed by atoms with E-state index < -0.39 is 16.6 Å². The highest BCUT2D eigenvalue weighted by atomic mass is 16.6. The van der Waals surface area contributed by atoms with Crippen molar-refractivity contribution in [3.8, 4) is 5.75 Å². The van der Waals surface area contributed by atoms with Crippen molar-refractivity contribution in [1.29, 1.82) is 0 Å². The van der Waals surface area contributed by atoms with Crippen LogP contribution in [0.4, 0.5) is 5.69 Å². The first-order valence-corrected chi connectivity index (χ1v) is 7.59. The summed E-state index contributed by atoms with van der Waals surface area (Å²) in [4.78, 5) is 33.9. The number of rotatable bonds is 6. The Kier molecular flexibility index (Phi) is 4.70. The molecular formula is C17H14N2O7. The lowest BCUT2D eigenvalue weighted by Gasteiger charge is -2.08. The minimum Gasteiger partial charge on any atom is -0.485 e. The van der Waals surface area contributed by atoms with E-state index in [0.29, 0.717) is 11.1 Å². The van der Waals surface area contributed by atoms with Crippen molar-refractivity contribution >= 4 is 22.8 Å². The predicted octanol–water partition coefficient (Wildman–Crippen LogP) is 2.37. The maximum absolute atomic E-state index is 11.9. The Morgan fingerprint density at radius 2 is 2.04 bits per heavy atom. The summed E-state index contributed by atoms with van der Waals surface area (Å²) >= 11 is 0. The number of nitro benzene ring substituents is 1. The number of ether oxygens (including phenoxy) is 2. The topological polar surface area (TPSA) is 114 Å². The van der Waals surface area contributed by atoms with Crippen molar-refractivity contribution in [2.45, 2.75) is 6.54 Å². The zero-order chi connectivity index (χ0) is 18.7. The molecule has 2 aromatic carbocycles. The van der Waals surface area contributed by atoms with Gasteiger partial charge in [-0.25, -0.2) is 9.59 Å². The van der Waals surface area contributed by atoms with Gasteiger partial charge in [0, 0.05) is 6.07 Å². The van der Waals surface area contributed by atoms with E-state index >= 15 is 0 Å². The molecule has 0 fully saturated rings. The fourth-order valence-electron chi connectivity index (χ4n) is 2.50. The summed E-state index contributed by atoms with van der Waals surface area (Å²) in [5, 5.41) is 11.2. The smallest absolute Gasteiger partial charge is 0.420 e. The zero-order valence-electron chi connectivity index (χ0n) is 13.7. The minimum atomic E-state index is -0.684. The van der Waals surface area contributed by atoms with Gasteiger partial charge in [-0.1, -0.05) is 12.1 Å². The van der Waals surface area contributed by atoms with Crippen LogP contribution in [0.5, 0.6) is 5.75 Å². The van der Waals surface area contributed by atoms with Gasteiger partial charge in [0.15, 0.2) is 11.3 Å². The number of hydrogen-bond acceptors (Lipinski definition) is 7. The van der Waals surface area contributed by atoms with E-state index in [1.54, 1.807) is 24.3 Å². The number of carbonyl (C=O) groups excluding carboxylic acids is 1. The van der Waals surface area contributed by atoms with Crippen molar-refractivity contribution in [2.24, 2.45) is 0 Å². The molecule has 0 aliphatic rings. The number of nitro groups is 1. The Morgan fingerprint density at radius 1 is 1.27 bits per heavy atom. The molecule has 0 radical (unpaired) electrons. The summed E-state index contributed by atoms with van der Waals surface area (Å²) in [5.41, 5.74) is 0.739. The van der Waals surface area contributed by atoms with E-state index in [9.17, 15) is 19.7 Å². The third-order valence-electron chi connectivity index (χ3n) is 3.72. The van der Waals surface area contributed by atoms with Crippen molar-refractivity contribution in [3.63, 3.8) is 0 Å². The molecule has 0 aliphatic carbocycles. The van der Waals surface area contributed by atoms with Crippen molar-refractivity contribution < 1.29 is 23.6 Å². The maximum Gasteiger partial charge on any atom is 0.420 e. The molecule has 0 bridgehead atoms. The Hall–Kier alpha value is -3.62. The van der Waals surface area contributed by atoms with E-state index in [-0.39, 0.29) is 30.2 Å². The van der Waals surface area contributed by atoms with Gasteiger partial charge >= 0.3 is 17.4 Å². The molecule has 26 heavy (non-hydrogen) atoms. The van der Waals surface area contributed by atoms with Crippen LogP contribution in [0.1, 0.15) is 10.4 Å². The molecule has 0 saturated heterocycles. The number of aromatic nitrogens is 1. The normalized spacial score (nSPS) is 10.7. The van der Waals surface area contributed by atoms with Crippen LogP contribution in [0.15, 0.2) is 51.7 Å². The summed E-state index contributed by atoms with van der Waals surface area (Å²) in [7, 11) is 1.19. The van der Waals surface area contributed by atoms with Gasteiger partial charge < -0.3 is 13.9 Å². The number of methoxy groups -OCH3 is 1. The molecule has 0 spiro atoms. The van der Waals surface area contributed by atoms with E-state index in [0.717, 1.165) is 6.07 Å². The lowest BCUT2D eigenvalue weighted by molar-refractivity contribution is -0.385. The molecule has 9 heteroatoms. The number of nitrogens with zero attached hydrogens (tertiary/aromatic N) is 2. The second-order valence-electron chi connectivity index (χ2n) is 5.27. The fraction of sp³-hybridized carbons (Fsp3) is 0.176. The van der Waals surface area contributed by atoms with E-state index in [2.05, 4.69) is 4.74 Å². The standard InChI is InChI=1S/C17H14N2O7/c1-24-16(20)11-6-7-14(13(10-11)19(22)23)25-9-8-18-12-4-2-3-5-15(12)26-17(18)21/h2-7,10H,8-9H2,1H3. The van der Waals surface area contributed by atoms with Crippen molar-refractivity contribution in [1.82, 2.24) is 4.57 Å². The summed E-state index contributed by atoms with van der Waals surface area (Å²) < 4.78 is 16.5. The molecule has 3 aromatic rings. The van der Waals surface area contributed by atoms with Crippen molar-refractivity contribution in [3.05, 3.63) is 68.7 Å². The van der Waals surface area contributed by atoms with E-state index in [4.69, 9.17) is 9.15 Å². The molecule has 3 rings (SSSR count). The molecule has 1 heterocycles. The zero-order valence-corrected chi connectivity index (χ0v) is 13.7. The van der Waals surface area contributed by atoms with Crippen LogP contribution in [0, 0.1) is 10.1 Å². The summed E-state index contributed by atoms with van der Waals surface area (Å²) in [5.74, 6) is -1.23. The molecule has 0 atom stereocenters. The van der Waals surface area contributed by atoms with Crippen LogP contribution in [0.3, 0.4) is 0 Å². The van der Waals surface area contributed by atoms with Crippen molar-refractivity contribution in [2.75, 3.05) is 13.7 Å². The number of esters is 1. The Morgan fingerprint density at radius 3 is 2.77 bits per heavy atom. The Balaban J connectivity index is 1.79.